The normalized spacial score (nSPS) is 10.5. The number of aromatic carboxylic acids is 1. The van der Waals surface area contributed by atoms with Crippen molar-refractivity contribution in [2.75, 3.05) is 5.32 Å². The number of nitrogens with zero attached hydrogens (tertiary/aromatic N) is 1. The van der Waals surface area contributed by atoms with Crippen molar-refractivity contribution in [3.63, 3.8) is 0 Å². The lowest BCUT2D eigenvalue weighted by atomic mass is 10.2. The Morgan fingerprint density at radius 1 is 1.33 bits per heavy atom. The van der Waals surface area contributed by atoms with E-state index >= 15 is 0 Å². The first kappa shape index (κ1) is 14.8. The van der Waals surface area contributed by atoms with Crippen LogP contribution >= 0.6 is 0 Å². The van der Waals surface area contributed by atoms with Crippen LogP contribution in [-0.4, -0.2) is 22.2 Å². The molecule has 1 aromatic carbocycles. The summed E-state index contributed by atoms with van der Waals surface area (Å²) in [5.41, 5.74) is 0.408. The van der Waals surface area contributed by atoms with E-state index in [4.69, 9.17) is 9.84 Å². The van der Waals surface area contributed by atoms with E-state index in [-0.39, 0.29) is 17.5 Å². The summed E-state index contributed by atoms with van der Waals surface area (Å²) in [5, 5.41) is 11.9. The van der Waals surface area contributed by atoms with E-state index in [0.29, 0.717) is 11.4 Å². The van der Waals surface area contributed by atoms with Gasteiger partial charge in [-0.3, -0.25) is 0 Å². The van der Waals surface area contributed by atoms with Crippen LogP contribution in [0.25, 0.3) is 0 Å². The summed E-state index contributed by atoms with van der Waals surface area (Å²) in [6, 6.07) is 7.90. The fourth-order valence-corrected chi connectivity index (χ4v) is 1.73. The second-order valence-corrected chi connectivity index (χ2v) is 4.67. The van der Waals surface area contributed by atoms with Crippen LogP contribution in [0.15, 0.2) is 36.5 Å². The summed E-state index contributed by atoms with van der Waals surface area (Å²) in [6.45, 7) is 3.85. The van der Waals surface area contributed by atoms with E-state index < -0.39 is 11.8 Å². The molecule has 6 heteroatoms. The van der Waals surface area contributed by atoms with Crippen molar-refractivity contribution in [2.45, 2.75) is 20.0 Å². The van der Waals surface area contributed by atoms with Gasteiger partial charge >= 0.3 is 5.97 Å². The maximum Gasteiger partial charge on any atom is 0.339 e. The average molecular weight is 290 g/mol. The molecule has 110 valence electrons. The van der Waals surface area contributed by atoms with Gasteiger partial charge in [0.05, 0.1) is 12.3 Å². The third-order valence-corrected chi connectivity index (χ3v) is 2.57. The van der Waals surface area contributed by atoms with Gasteiger partial charge in [-0.2, -0.15) is 0 Å². The Labute approximate surface area is 121 Å². The standard InChI is InChI=1S/C15H15FN2O3/c1-9(2)21-12-5-3-11(4-6-12)18-14-13(15(19)20)7-10(16)8-17-14/h3-9H,1-2H3,(H,17,18)(H,19,20). The SMILES string of the molecule is CC(C)Oc1ccc(Nc2ncc(F)cc2C(=O)O)cc1. The molecule has 2 rings (SSSR count). The minimum atomic E-state index is -1.25. The van der Waals surface area contributed by atoms with E-state index in [2.05, 4.69) is 10.3 Å². The number of carboxylic acids is 1. The van der Waals surface area contributed by atoms with Gasteiger partial charge in [-0.15, -0.1) is 0 Å². The summed E-state index contributed by atoms with van der Waals surface area (Å²) in [5.74, 6) is -1.15. The lowest BCUT2D eigenvalue weighted by Crippen LogP contribution is -2.06. The van der Waals surface area contributed by atoms with Gasteiger partial charge in [-0.1, -0.05) is 0 Å². The van der Waals surface area contributed by atoms with Crippen molar-refractivity contribution in [2.24, 2.45) is 0 Å². The summed E-state index contributed by atoms with van der Waals surface area (Å²) < 4.78 is 18.6. The number of anilines is 2. The third kappa shape index (κ3) is 3.92. The van der Waals surface area contributed by atoms with Crippen LogP contribution in [0.4, 0.5) is 15.9 Å². The summed E-state index contributed by atoms with van der Waals surface area (Å²) >= 11 is 0. The zero-order chi connectivity index (χ0) is 15.4. The molecule has 0 unspecified atom stereocenters. The van der Waals surface area contributed by atoms with Gasteiger partial charge in [0.2, 0.25) is 0 Å². The number of benzene rings is 1. The number of ether oxygens (including phenoxy) is 1. The number of hydrogen-bond acceptors (Lipinski definition) is 4. The lowest BCUT2D eigenvalue weighted by Gasteiger charge is -2.11. The van der Waals surface area contributed by atoms with Crippen LogP contribution in [0.2, 0.25) is 0 Å². The molecule has 0 aliphatic heterocycles. The second-order valence-electron chi connectivity index (χ2n) is 4.67. The molecule has 0 spiro atoms. The fourth-order valence-electron chi connectivity index (χ4n) is 1.73. The van der Waals surface area contributed by atoms with E-state index in [1.54, 1.807) is 24.3 Å². The Balaban J connectivity index is 2.20. The molecule has 0 saturated carbocycles. The lowest BCUT2D eigenvalue weighted by molar-refractivity contribution is 0.0697. The molecule has 0 saturated heterocycles. The van der Waals surface area contributed by atoms with Crippen LogP contribution < -0.4 is 10.1 Å². The highest BCUT2D eigenvalue weighted by Crippen LogP contribution is 2.22. The molecule has 21 heavy (non-hydrogen) atoms. The first-order valence-electron chi connectivity index (χ1n) is 6.38. The highest BCUT2D eigenvalue weighted by atomic mass is 19.1. The Kier molecular flexibility index (Phi) is 4.37. The number of carboxylic acid groups (broad SMARTS) is 1. The topological polar surface area (TPSA) is 71.5 Å². The van der Waals surface area contributed by atoms with Crippen molar-refractivity contribution in [3.05, 3.63) is 47.9 Å². The monoisotopic (exact) mass is 290 g/mol. The quantitative estimate of drug-likeness (QED) is 0.882. The van der Waals surface area contributed by atoms with E-state index in [0.717, 1.165) is 12.3 Å². The molecule has 0 aliphatic carbocycles. The van der Waals surface area contributed by atoms with Crippen LogP contribution in [0.1, 0.15) is 24.2 Å². The molecule has 0 atom stereocenters. The summed E-state index contributed by atoms with van der Waals surface area (Å²) in [7, 11) is 0. The van der Waals surface area contributed by atoms with Crippen LogP contribution in [0, 0.1) is 5.82 Å². The minimum absolute atomic E-state index is 0.0705. The molecule has 2 aromatic rings. The maximum atomic E-state index is 13.1. The number of pyridine rings is 1. The molecule has 1 heterocycles. The molecule has 0 fully saturated rings. The van der Waals surface area contributed by atoms with E-state index in [1.165, 1.54) is 0 Å². The predicted octanol–water partition coefficient (Wildman–Crippen LogP) is 3.45. The predicted molar refractivity (Wildman–Crippen MR) is 76.6 cm³/mol. The summed E-state index contributed by atoms with van der Waals surface area (Å²) in [6.07, 6.45) is 1.03. The van der Waals surface area contributed by atoms with Crippen molar-refractivity contribution in [3.8, 4) is 5.75 Å². The van der Waals surface area contributed by atoms with Gasteiger partial charge in [0.25, 0.3) is 0 Å². The van der Waals surface area contributed by atoms with Gasteiger partial charge in [0.1, 0.15) is 22.9 Å². The molecule has 5 nitrogen and oxygen atoms in total. The molecular formula is C15H15FN2O3. The smallest absolute Gasteiger partial charge is 0.339 e. The number of hydrogen-bond donors (Lipinski definition) is 2. The number of aromatic nitrogens is 1. The molecule has 0 bridgehead atoms. The number of rotatable bonds is 5. The molecular weight excluding hydrogens is 275 g/mol. The Morgan fingerprint density at radius 2 is 2.00 bits per heavy atom. The van der Waals surface area contributed by atoms with Crippen LogP contribution in [0.3, 0.4) is 0 Å². The number of carbonyl (C=O) groups is 1. The Hall–Kier alpha value is -2.63. The maximum absolute atomic E-state index is 13.1. The first-order valence-corrected chi connectivity index (χ1v) is 6.38. The number of halogens is 1. The zero-order valence-corrected chi connectivity index (χ0v) is 11.6. The second kappa shape index (κ2) is 6.21. The average Bonchev–Trinajstić information content (AvgIpc) is 2.42. The highest BCUT2D eigenvalue weighted by Gasteiger charge is 2.13. The van der Waals surface area contributed by atoms with Gasteiger partial charge in [0, 0.05) is 5.69 Å². The van der Waals surface area contributed by atoms with Crippen LogP contribution in [0.5, 0.6) is 5.75 Å². The molecule has 0 amide bonds. The minimum Gasteiger partial charge on any atom is -0.491 e. The van der Waals surface area contributed by atoms with Gasteiger partial charge in [-0.05, 0) is 44.2 Å². The molecule has 0 radical (unpaired) electrons. The molecule has 1 aromatic heterocycles. The van der Waals surface area contributed by atoms with E-state index in [1.807, 2.05) is 13.8 Å². The van der Waals surface area contributed by atoms with Crippen LogP contribution in [-0.2, 0) is 0 Å². The molecule has 0 aliphatic rings. The molecule has 2 N–H and O–H groups in total. The summed E-state index contributed by atoms with van der Waals surface area (Å²) in [4.78, 5) is 14.8. The zero-order valence-electron chi connectivity index (χ0n) is 11.6. The Morgan fingerprint density at radius 3 is 2.57 bits per heavy atom. The highest BCUT2D eigenvalue weighted by molar-refractivity contribution is 5.93. The number of nitrogens with one attached hydrogen (secondary N) is 1. The third-order valence-electron chi connectivity index (χ3n) is 2.57. The van der Waals surface area contributed by atoms with Gasteiger partial charge in [0.15, 0.2) is 0 Å². The fraction of sp³-hybridized carbons (Fsp3) is 0.200. The Bertz CT molecular complexity index is 642. The van der Waals surface area contributed by atoms with Gasteiger partial charge in [-0.25, -0.2) is 14.2 Å². The van der Waals surface area contributed by atoms with Crippen molar-refractivity contribution < 1.29 is 19.0 Å². The first-order chi connectivity index (χ1) is 9.95. The van der Waals surface area contributed by atoms with Gasteiger partial charge < -0.3 is 15.2 Å². The van der Waals surface area contributed by atoms with Crippen molar-refractivity contribution in [1.29, 1.82) is 0 Å². The van der Waals surface area contributed by atoms with Crippen molar-refractivity contribution >= 4 is 17.5 Å². The largest absolute Gasteiger partial charge is 0.491 e. The van der Waals surface area contributed by atoms with Crippen molar-refractivity contribution in [1.82, 2.24) is 4.98 Å². The van der Waals surface area contributed by atoms with E-state index in [9.17, 15) is 9.18 Å².